The Labute approximate surface area is 200 Å². The Hall–Kier alpha value is -3.78. The van der Waals surface area contributed by atoms with Crippen LogP contribution in [-0.4, -0.2) is 64.7 Å². The molecule has 2 aromatic heterocycles. The van der Waals surface area contributed by atoms with Crippen molar-refractivity contribution in [3.05, 3.63) is 58.4 Å². The number of aliphatic hydroxyl groups is 1. The minimum Gasteiger partial charge on any atom is -0.494 e. The molecule has 3 rings (SSSR count). The quantitative estimate of drug-likeness (QED) is 0.336. The highest BCUT2D eigenvalue weighted by Crippen LogP contribution is 2.33. The van der Waals surface area contributed by atoms with Gasteiger partial charge in [0.1, 0.15) is 28.8 Å². The van der Waals surface area contributed by atoms with Crippen LogP contribution in [0.5, 0.6) is 17.4 Å². The summed E-state index contributed by atoms with van der Waals surface area (Å²) in [4.78, 5) is 24.9. The van der Waals surface area contributed by atoms with Crippen LogP contribution < -0.4 is 19.8 Å². The van der Waals surface area contributed by atoms with Crippen molar-refractivity contribution in [2.45, 2.75) is 19.3 Å². The third-order valence-electron chi connectivity index (χ3n) is 4.84. The second kappa shape index (κ2) is 11.1. The van der Waals surface area contributed by atoms with E-state index in [4.69, 9.17) is 9.47 Å². The maximum atomic E-state index is 13.5. The molecule has 0 aliphatic carbocycles. The number of aryl methyl sites for hydroxylation is 2. The monoisotopic (exact) mass is 509 g/mol. The predicted octanol–water partition coefficient (Wildman–Crippen LogP) is 0.794. The molecule has 0 saturated heterocycles. The van der Waals surface area contributed by atoms with E-state index in [1.165, 1.54) is 14.2 Å². The van der Waals surface area contributed by atoms with E-state index in [2.05, 4.69) is 19.7 Å². The molecule has 12 nitrogen and oxygen atoms in total. The number of rotatable bonds is 11. The molecule has 0 atom stereocenters. The lowest BCUT2D eigenvalue weighted by Crippen LogP contribution is -2.30. The molecule has 0 unspecified atom stereocenters. The van der Waals surface area contributed by atoms with Gasteiger partial charge in [-0.25, -0.2) is 22.8 Å². The van der Waals surface area contributed by atoms with Gasteiger partial charge in [-0.15, -0.1) is 0 Å². The van der Waals surface area contributed by atoms with Crippen molar-refractivity contribution in [2.75, 3.05) is 31.3 Å². The number of nitrogens with zero attached hydrogens (tertiary/aromatic N) is 4. The number of halogens is 1. The zero-order chi connectivity index (χ0) is 25.6. The van der Waals surface area contributed by atoms with E-state index < -0.39 is 38.7 Å². The number of aromatic hydroxyl groups is 1. The van der Waals surface area contributed by atoms with Crippen molar-refractivity contribution in [1.29, 1.82) is 0 Å². The minimum absolute atomic E-state index is 0.0482. The van der Waals surface area contributed by atoms with Crippen molar-refractivity contribution in [2.24, 2.45) is 0 Å². The lowest BCUT2D eigenvalue weighted by Gasteiger charge is -2.19. The van der Waals surface area contributed by atoms with Gasteiger partial charge >= 0.3 is 0 Å². The highest BCUT2D eigenvalue weighted by Gasteiger charge is 2.25. The zero-order valence-corrected chi connectivity index (χ0v) is 19.7. The van der Waals surface area contributed by atoms with Gasteiger partial charge in [-0.2, -0.15) is 4.98 Å². The Kier molecular flexibility index (Phi) is 8.19. The summed E-state index contributed by atoms with van der Waals surface area (Å²) in [5, 5.41) is 19.7. The maximum absolute atomic E-state index is 13.5. The van der Waals surface area contributed by atoms with Crippen LogP contribution in [0.15, 0.2) is 35.4 Å². The lowest BCUT2D eigenvalue weighted by molar-refractivity contribution is 0.286. The molecule has 0 spiro atoms. The fourth-order valence-electron chi connectivity index (χ4n) is 3.23. The molecule has 1 aromatic carbocycles. The second-order valence-electron chi connectivity index (χ2n) is 7.19. The van der Waals surface area contributed by atoms with Gasteiger partial charge < -0.3 is 19.7 Å². The summed E-state index contributed by atoms with van der Waals surface area (Å²) in [6, 6.07) is 4.77. The van der Waals surface area contributed by atoms with E-state index >= 15 is 0 Å². The normalized spacial score (nSPS) is 11.3. The summed E-state index contributed by atoms with van der Waals surface area (Å²) in [5.41, 5.74) is -1.48. The Morgan fingerprint density at radius 1 is 1.11 bits per heavy atom. The van der Waals surface area contributed by atoms with Gasteiger partial charge in [-0.1, -0.05) is 6.07 Å². The Bertz CT molecular complexity index is 1330. The topological polar surface area (TPSA) is 166 Å². The van der Waals surface area contributed by atoms with E-state index in [1.807, 2.05) is 0 Å². The van der Waals surface area contributed by atoms with Crippen LogP contribution in [0.1, 0.15) is 18.1 Å². The predicted molar refractivity (Wildman–Crippen MR) is 123 cm³/mol. The number of sulfonamides is 1. The first-order valence-electron chi connectivity index (χ1n) is 10.3. The standard InChI is InChI=1S/C21H24FN5O7S/c1-33-14-5-3-6-15(34-2)19(14)27-17(7-4-9-28)25-20(29)18(21(27)30)26-35(31,32)10-8-16-23-11-13(22)12-24-16/h3,5-6,11-12,26,28-29H,4,7-10H2,1-2H3. The van der Waals surface area contributed by atoms with Gasteiger partial charge in [0.15, 0.2) is 11.5 Å². The minimum atomic E-state index is -4.19. The first-order chi connectivity index (χ1) is 16.7. The zero-order valence-electron chi connectivity index (χ0n) is 18.9. The Balaban J connectivity index is 2.07. The third kappa shape index (κ3) is 6.02. The Morgan fingerprint density at radius 3 is 2.31 bits per heavy atom. The Morgan fingerprint density at radius 2 is 1.74 bits per heavy atom. The van der Waals surface area contributed by atoms with Crippen LogP contribution in [0.3, 0.4) is 0 Å². The highest BCUT2D eigenvalue weighted by molar-refractivity contribution is 7.92. The lowest BCUT2D eigenvalue weighted by atomic mass is 10.2. The fraction of sp³-hybridized carbons (Fsp3) is 0.333. The van der Waals surface area contributed by atoms with Crippen LogP contribution in [-0.2, 0) is 22.9 Å². The van der Waals surface area contributed by atoms with Crippen LogP contribution in [0, 0.1) is 5.82 Å². The summed E-state index contributed by atoms with van der Waals surface area (Å²) in [7, 11) is -1.43. The summed E-state index contributed by atoms with van der Waals surface area (Å²) >= 11 is 0. The summed E-state index contributed by atoms with van der Waals surface area (Å²) in [6.07, 6.45) is 1.93. The van der Waals surface area contributed by atoms with Gasteiger partial charge in [-0.05, 0) is 18.6 Å². The van der Waals surface area contributed by atoms with E-state index in [0.717, 1.165) is 17.0 Å². The van der Waals surface area contributed by atoms with Crippen LogP contribution >= 0.6 is 0 Å². The van der Waals surface area contributed by atoms with E-state index in [9.17, 15) is 27.8 Å². The number of hydrogen-bond acceptors (Lipinski definition) is 10. The summed E-state index contributed by atoms with van der Waals surface area (Å²) in [5.74, 6) is -1.48. The molecule has 0 aliphatic heterocycles. The molecule has 0 aliphatic rings. The maximum Gasteiger partial charge on any atom is 0.286 e. The highest BCUT2D eigenvalue weighted by atomic mass is 32.2. The summed E-state index contributed by atoms with van der Waals surface area (Å²) < 4.78 is 52.2. The number of anilines is 1. The smallest absolute Gasteiger partial charge is 0.286 e. The van der Waals surface area contributed by atoms with Crippen LogP contribution in [0.25, 0.3) is 5.69 Å². The number of aliphatic hydroxyl groups excluding tert-OH is 1. The molecule has 3 aromatic rings. The number of aromatic nitrogens is 4. The molecule has 0 radical (unpaired) electrons. The molecule has 0 saturated carbocycles. The molecule has 0 bridgehead atoms. The van der Waals surface area contributed by atoms with Crippen molar-refractivity contribution in [3.8, 4) is 23.1 Å². The number of hydrogen-bond donors (Lipinski definition) is 3. The summed E-state index contributed by atoms with van der Waals surface area (Å²) in [6.45, 7) is -0.209. The van der Waals surface area contributed by atoms with E-state index in [0.29, 0.717) is 0 Å². The second-order valence-corrected chi connectivity index (χ2v) is 9.04. The van der Waals surface area contributed by atoms with Crippen LogP contribution in [0.2, 0.25) is 0 Å². The van der Waals surface area contributed by atoms with Crippen molar-refractivity contribution >= 4 is 15.7 Å². The van der Waals surface area contributed by atoms with Gasteiger partial charge in [-0.3, -0.25) is 14.1 Å². The first-order valence-corrected chi connectivity index (χ1v) is 12.0. The molecule has 2 heterocycles. The molecular formula is C21H24FN5O7S. The van der Waals surface area contributed by atoms with Gasteiger partial charge in [0.25, 0.3) is 5.56 Å². The van der Waals surface area contributed by atoms with Crippen molar-refractivity contribution in [1.82, 2.24) is 19.5 Å². The first kappa shape index (κ1) is 25.8. The largest absolute Gasteiger partial charge is 0.494 e. The molecular weight excluding hydrogens is 485 g/mol. The fourth-order valence-corrected chi connectivity index (χ4v) is 4.27. The number of benzene rings is 1. The molecule has 188 valence electrons. The van der Waals surface area contributed by atoms with Gasteiger partial charge in [0.05, 0.1) is 32.4 Å². The molecule has 14 heteroatoms. The van der Waals surface area contributed by atoms with Crippen molar-refractivity contribution in [3.63, 3.8) is 0 Å². The van der Waals surface area contributed by atoms with E-state index in [-0.39, 0.29) is 54.7 Å². The molecule has 0 fully saturated rings. The van der Waals surface area contributed by atoms with Crippen molar-refractivity contribution < 1.29 is 32.5 Å². The number of nitrogens with one attached hydrogen (secondary N) is 1. The number of ether oxygens (including phenoxy) is 2. The third-order valence-corrected chi connectivity index (χ3v) is 6.10. The number of methoxy groups -OCH3 is 2. The van der Waals surface area contributed by atoms with Gasteiger partial charge in [0, 0.05) is 19.4 Å². The molecule has 3 N–H and O–H groups in total. The molecule has 0 amide bonds. The van der Waals surface area contributed by atoms with E-state index in [1.54, 1.807) is 18.2 Å². The SMILES string of the molecule is COc1cccc(OC)c1-n1c(CCCO)nc(O)c(NS(=O)(=O)CCc2ncc(F)cn2)c1=O. The molecule has 35 heavy (non-hydrogen) atoms. The average molecular weight is 510 g/mol. The average Bonchev–Trinajstić information content (AvgIpc) is 2.84. The van der Waals surface area contributed by atoms with Crippen LogP contribution in [0.4, 0.5) is 10.1 Å². The number of para-hydroxylation sites is 1. The van der Waals surface area contributed by atoms with Gasteiger partial charge in [0.2, 0.25) is 15.9 Å².